The predicted octanol–water partition coefficient (Wildman–Crippen LogP) is 0.980. The van der Waals surface area contributed by atoms with Gasteiger partial charge >= 0.3 is 6.18 Å². The summed E-state index contributed by atoms with van der Waals surface area (Å²) in [6.07, 6.45) is -4.17. The van der Waals surface area contributed by atoms with Gasteiger partial charge in [0.1, 0.15) is 0 Å². The first-order valence-electron chi connectivity index (χ1n) is 2.39. The highest BCUT2D eigenvalue weighted by molar-refractivity contribution is 5.98. The number of carbonyl (C=O) groups excluding carboxylic acids is 1. The van der Waals surface area contributed by atoms with Crippen molar-refractivity contribution in [3.63, 3.8) is 0 Å². The van der Waals surface area contributed by atoms with Gasteiger partial charge in [-0.05, 0) is 6.92 Å². The molecule has 0 spiro atoms. The summed E-state index contributed by atoms with van der Waals surface area (Å²) in [5, 5.41) is 0. The number of Topliss-reactive ketones (excluding diaryl/α,β-unsaturated/α-hetero) is 1. The predicted molar refractivity (Wildman–Crippen MR) is 29.0 cm³/mol. The van der Waals surface area contributed by atoms with Crippen LogP contribution in [0.4, 0.5) is 13.2 Å². The lowest BCUT2D eigenvalue weighted by molar-refractivity contribution is -0.166. The van der Waals surface area contributed by atoms with E-state index in [2.05, 4.69) is 5.73 Å². The summed E-state index contributed by atoms with van der Waals surface area (Å²) in [5.74, 6) is -1.89. The lowest BCUT2D eigenvalue weighted by Gasteiger charge is -2.02. The normalized spacial score (nSPS) is 13.4. The quantitative estimate of drug-likeness (QED) is 0.570. The maximum Gasteiger partial charge on any atom is 0.454 e. The Bertz CT molecular complexity index is 170. The lowest BCUT2D eigenvalue weighted by Crippen LogP contribution is -2.23. The van der Waals surface area contributed by atoms with Crippen molar-refractivity contribution in [1.29, 1.82) is 0 Å². The molecule has 0 fully saturated rings. The van der Waals surface area contributed by atoms with Gasteiger partial charge in [-0.1, -0.05) is 0 Å². The van der Waals surface area contributed by atoms with Crippen LogP contribution in [0.25, 0.3) is 0 Å². The number of rotatable bonds is 1. The molecule has 0 aliphatic carbocycles. The molecular weight excluding hydrogens is 147 g/mol. The molecule has 0 saturated carbocycles. The average Bonchev–Trinajstić information content (AvgIpc) is 1.83. The van der Waals surface area contributed by atoms with Crippen LogP contribution in [0.5, 0.6) is 0 Å². The van der Waals surface area contributed by atoms with Gasteiger partial charge in [0.25, 0.3) is 5.78 Å². The summed E-state index contributed by atoms with van der Waals surface area (Å²) in [4.78, 5) is 10.1. The van der Waals surface area contributed by atoms with Crippen LogP contribution in [0.2, 0.25) is 0 Å². The summed E-state index contributed by atoms with van der Waals surface area (Å²) < 4.78 is 34.3. The molecule has 0 heterocycles. The van der Waals surface area contributed by atoms with E-state index in [1.165, 1.54) is 0 Å². The third kappa shape index (κ3) is 2.08. The van der Waals surface area contributed by atoms with Crippen molar-refractivity contribution in [2.75, 3.05) is 0 Å². The molecule has 0 radical (unpaired) electrons. The molecule has 0 atom stereocenters. The highest BCUT2D eigenvalue weighted by Crippen LogP contribution is 2.19. The summed E-state index contributed by atoms with van der Waals surface area (Å²) >= 11 is 0. The molecule has 10 heavy (non-hydrogen) atoms. The number of hydrogen-bond donors (Lipinski definition) is 1. The van der Waals surface area contributed by atoms with Crippen LogP contribution in [-0.2, 0) is 4.79 Å². The SMILES string of the molecule is CC(=CN)C(=O)C(F)(F)F. The fourth-order valence-corrected chi connectivity index (χ4v) is 0.299. The number of ketones is 1. The van der Waals surface area contributed by atoms with Gasteiger partial charge < -0.3 is 5.73 Å². The summed E-state index contributed by atoms with van der Waals surface area (Å²) in [7, 11) is 0. The van der Waals surface area contributed by atoms with E-state index in [9.17, 15) is 18.0 Å². The number of halogens is 3. The average molecular weight is 153 g/mol. The van der Waals surface area contributed by atoms with E-state index in [0.717, 1.165) is 6.92 Å². The molecule has 0 aromatic heterocycles. The topological polar surface area (TPSA) is 43.1 Å². The van der Waals surface area contributed by atoms with Gasteiger partial charge in [0.05, 0.1) is 0 Å². The van der Waals surface area contributed by atoms with Gasteiger partial charge in [-0.25, -0.2) is 0 Å². The first kappa shape index (κ1) is 9.00. The molecular formula is C5H6F3NO. The van der Waals surface area contributed by atoms with Crippen molar-refractivity contribution >= 4 is 5.78 Å². The van der Waals surface area contributed by atoms with Crippen molar-refractivity contribution < 1.29 is 18.0 Å². The monoisotopic (exact) mass is 153 g/mol. The minimum atomic E-state index is -4.81. The highest BCUT2D eigenvalue weighted by Gasteiger charge is 2.38. The highest BCUT2D eigenvalue weighted by atomic mass is 19.4. The van der Waals surface area contributed by atoms with E-state index in [4.69, 9.17) is 0 Å². The Balaban J connectivity index is 4.39. The smallest absolute Gasteiger partial charge is 0.404 e. The molecule has 0 amide bonds. The standard InChI is InChI=1S/C5H6F3NO/c1-3(2-9)4(10)5(6,7)8/h2H,9H2,1H3. The molecule has 5 heteroatoms. The molecule has 2 N–H and O–H groups in total. The van der Waals surface area contributed by atoms with Crippen LogP contribution in [-0.4, -0.2) is 12.0 Å². The van der Waals surface area contributed by atoms with E-state index in [1.54, 1.807) is 0 Å². The van der Waals surface area contributed by atoms with Crippen molar-refractivity contribution in [2.24, 2.45) is 5.73 Å². The third-order valence-electron chi connectivity index (χ3n) is 0.866. The zero-order chi connectivity index (χ0) is 8.36. The van der Waals surface area contributed by atoms with E-state index < -0.39 is 17.5 Å². The molecule has 0 unspecified atom stereocenters. The van der Waals surface area contributed by atoms with Crippen LogP contribution in [0.15, 0.2) is 11.8 Å². The minimum Gasteiger partial charge on any atom is -0.404 e. The van der Waals surface area contributed by atoms with Crippen LogP contribution >= 0.6 is 0 Å². The van der Waals surface area contributed by atoms with Gasteiger partial charge in [0, 0.05) is 11.8 Å². The Hall–Kier alpha value is -1.00. The summed E-state index contributed by atoms with van der Waals surface area (Å²) in [6.45, 7) is 1.01. The minimum absolute atomic E-state index is 0.493. The van der Waals surface area contributed by atoms with Crippen LogP contribution in [0.3, 0.4) is 0 Å². The van der Waals surface area contributed by atoms with E-state index in [1.807, 2.05) is 0 Å². The second kappa shape index (κ2) is 2.72. The van der Waals surface area contributed by atoms with Crippen molar-refractivity contribution in [3.05, 3.63) is 11.8 Å². The fourth-order valence-electron chi connectivity index (χ4n) is 0.299. The van der Waals surface area contributed by atoms with E-state index in [0.29, 0.717) is 6.20 Å². The van der Waals surface area contributed by atoms with Gasteiger partial charge in [-0.2, -0.15) is 13.2 Å². The maximum absolute atomic E-state index is 11.4. The summed E-state index contributed by atoms with van der Waals surface area (Å²) in [6, 6.07) is 0. The molecule has 0 saturated heterocycles. The largest absolute Gasteiger partial charge is 0.454 e. The Kier molecular flexibility index (Phi) is 2.45. The van der Waals surface area contributed by atoms with Crippen molar-refractivity contribution in [3.8, 4) is 0 Å². The molecule has 0 aromatic rings. The van der Waals surface area contributed by atoms with Gasteiger partial charge in [-0.15, -0.1) is 0 Å². The maximum atomic E-state index is 11.4. The van der Waals surface area contributed by atoms with Crippen LogP contribution in [0, 0.1) is 0 Å². The Morgan fingerprint density at radius 1 is 1.50 bits per heavy atom. The van der Waals surface area contributed by atoms with E-state index in [-0.39, 0.29) is 0 Å². The zero-order valence-electron chi connectivity index (χ0n) is 5.20. The van der Waals surface area contributed by atoms with Gasteiger partial charge in [-0.3, -0.25) is 4.79 Å². The number of allylic oxidation sites excluding steroid dienone is 1. The molecule has 0 aromatic carbocycles. The number of alkyl halides is 3. The first-order chi connectivity index (χ1) is 4.39. The van der Waals surface area contributed by atoms with E-state index >= 15 is 0 Å². The number of nitrogens with two attached hydrogens (primary N) is 1. The first-order valence-corrected chi connectivity index (χ1v) is 2.39. The van der Waals surface area contributed by atoms with Gasteiger partial charge in [0.2, 0.25) is 0 Å². The Morgan fingerprint density at radius 2 is 1.90 bits per heavy atom. The van der Waals surface area contributed by atoms with Crippen LogP contribution in [0.1, 0.15) is 6.92 Å². The lowest BCUT2D eigenvalue weighted by atomic mass is 10.2. The molecule has 58 valence electrons. The molecule has 0 aliphatic heterocycles. The van der Waals surface area contributed by atoms with Crippen LogP contribution < -0.4 is 5.73 Å². The Morgan fingerprint density at radius 3 is 2.00 bits per heavy atom. The third-order valence-corrected chi connectivity index (χ3v) is 0.866. The van der Waals surface area contributed by atoms with Crippen molar-refractivity contribution in [1.82, 2.24) is 0 Å². The second-order valence-corrected chi connectivity index (χ2v) is 1.68. The number of carbonyl (C=O) groups is 1. The molecule has 2 nitrogen and oxygen atoms in total. The van der Waals surface area contributed by atoms with Crippen molar-refractivity contribution in [2.45, 2.75) is 13.1 Å². The summed E-state index contributed by atoms with van der Waals surface area (Å²) in [5.41, 5.74) is 4.19. The second-order valence-electron chi connectivity index (χ2n) is 1.68. The molecule has 0 rings (SSSR count). The number of hydrogen-bond acceptors (Lipinski definition) is 2. The molecule has 0 aliphatic rings. The zero-order valence-corrected chi connectivity index (χ0v) is 5.20. The Labute approximate surface area is 55.5 Å². The van der Waals surface area contributed by atoms with Gasteiger partial charge in [0.15, 0.2) is 0 Å². The molecule has 0 bridgehead atoms. The fraction of sp³-hybridized carbons (Fsp3) is 0.400.